The summed E-state index contributed by atoms with van der Waals surface area (Å²) in [6.07, 6.45) is 2.33. The van der Waals surface area contributed by atoms with Crippen molar-refractivity contribution in [2.24, 2.45) is 0 Å². The molecule has 17 heavy (non-hydrogen) atoms. The van der Waals surface area contributed by atoms with Crippen LogP contribution in [0, 0.1) is 0 Å². The Morgan fingerprint density at radius 3 is 0.941 bits per heavy atom. The van der Waals surface area contributed by atoms with Crippen molar-refractivity contribution in [2.45, 2.75) is 27.7 Å². The summed E-state index contributed by atoms with van der Waals surface area (Å²) in [7, 11) is 0. The fourth-order valence-corrected chi connectivity index (χ4v) is 0.588. The fourth-order valence-electron chi connectivity index (χ4n) is 0.588. The van der Waals surface area contributed by atoms with Crippen LogP contribution in [-0.4, -0.2) is 32.7 Å². The zero-order valence-electron chi connectivity index (χ0n) is 10.2. The molecule has 0 aromatic rings. The van der Waals surface area contributed by atoms with Crippen molar-refractivity contribution >= 4 is 11.6 Å². The SMILES string of the molecule is CC(=O)/C=C(\C)O.CC(=O)/C=C(\C)O.O.O.[Co]. The number of aliphatic hydroxyl groups is 2. The molecule has 0 heterocycles. The summed E-state index contributed by atoms with van der Waals surface area (Å²) in [6, 6.07) is 0. The van der Waals surface area contributed by atoms with Gasteiger partial charge in [0.25, 0.3) is 0 Å². The van der Waals surface area contributed by atoms with Crippen LogP contribution >= 0.6 is 0 Å². The molecule has 0 aliphatic heterocycles. The van der Waals surface area contributed by atoms with Gasteiger partial charge in [-0.15, -0.1) is 0 Å². The zero-order chi connectivity index (χ0) is 11.7. The Morgan fingerprint density at radius 2 is 0.941 bits per heavy atom. The number of ketones is 2. The minimum absolute atomic E-state index is 0. The van der Waals surface area contributed by atoms with Crippen molar-refractivity contribution in [3.8, 4) is 0 Å². The van der Waals surface area contributed by atoms with Crippen LogP contribution in [0.5, 0.6) is 0 Å². The quantitative estimate of drug-likeness (QED) is 0.563. The molecule has 0 fully saturated rings. The fraction of sp³-hybridized carbons (Fsp3) is 0.400. The van der Waals surface area contributed by atoms with Gasteiger partial charge in [-0.2, -0.15) is 0 Å². The number of aliphatic hydroxyl groups excluding tert-OH is 2. The molecule has 6 nitrogen and oxygen atoms in total. The first kappa shape index (κ1) is 29.7. The van der Waals surface area contributed by atoms with Crippen molar-refractivity contribution in [3.05, 3.63) is 23.7 Å². The van der Waals surface area contributed by atoms with Gasteiger partial charge in [0.15, 0.2) is 11.6 Å². The van der Waals surface area contributed by atoms with E-state index in [0.717, 1.165) is 0 Å². The first-order valence-electron chi connectivity index (χ1n) is 4.01. The number of allylic oxidation sites excluding steroid dienone is 4. The summed E-state index contributed by atoms with van der Waals surface area (Å²) in [4.78, 5) is 20.0. The third kappa shape index (κ3) is 52.3. The van der Waals surface area contributed by atoms with Crippen molar-refractivity contribution < 1.29 is 47.5 Å². The van der Waals surface area contributed by atoms with E-state index in [1.54, 1.807) is 0 Å². The maximum atomic E-state index is 10.0. The van der Waals surface area contributed by atoms with E-state index in [0.29, 0.717) is 0 Å². The molecular weight excluding hydrogens is 275 g/mol. The Balaban J connectivity index is -0.0000000480. The molecule has 0 atom stereocenters. The molecule has 0 aromatic heterocycles. The van der Waals surface area contributed by atoms with E-state index in [9.17, 15) is 9.59 Å². The van der Waals surface area contributed by atoms with Crippen molar-refractivity contribution in [2.75, 3.05) is 0 Å². The van der Waals surface area contributed by atoms with Gasteiger partial charge >= 0.3 is 0 Å². The molecule has 0 aliphatic rings. The second-order valence-corrected chi connectivity index (χ2v) is 2.79. The minimum atomic E-state index is -0.125. The van der Waals surface area contributed by atoms with E-state index in [-0.39, 0.29) is 50.8 Å². The standard InChI is InChI=1S/2C5H8O2.Co.2H2O/c2*1-4(6)3-5(2)7;;;/h2*3,6H,1-2H3;;2*1H2/b2*4-3+;;;. The normalized spacial score (nSPS) is 9.41. The van der Waals surface area contributed by atoms with Gasteiger partial charge in [-0.05, 0) is 27.7 Å². The van der Waals surface area contributed by atoms with Gasteiger partial charge in [0.1, 0.15) is 0 Å². The molecule has 0 saturated carbocycles. The third-order valence-electron chi connectivity index (χ3n) is 0.824. The number of hydrogen-bond acceptors (Lipinski definition) is 4. The molecule has 0 spiro atoms. The number of carbonyl (C=O) groups excluding carboxylic acids is 2. The molecule has 0 aromatic carbocycles. The Hall–Kier alpha value is -1.15. The summed E-state index contributed by atoms with van der Waals surface area (Å²) in [5.74, 6) is -0.125. The largest absolute Gasteiger partial charge is 0.512 e. The van der Waals surface area contributed by atoms with Gasteiger partial charge in [-0.25, -0.2) is 0 Å². The number of hydrogen-bond donors (Lipinski definition) is 2. The van der Waals surface area contributed by atoms with Crippen molar-refractivity contribution in [1.29, 1.82) is 0 Å². The van der Waals surface area contributed by atoms with Crippen LogP contribution in [0.4, 0.5) is 0 Å². The summed E-state index contributed by atoms with van der Waals surface area (Å²) in [5, 5.41) is 16.7. The van der Waals surface area contributed by atoms with Gasteiger partial charge in [-0.3, -0.25) is 9.59 Å². The van der Waals surface area contributed by atoms with Crippen LogP contribution in [-0.2, 0) is 26.4 Å². The molecule has 0 saturated heterocycles. The predicted molar refractivity (Wildman–Crippen MR) is 61.4 cm³/mol. The predicted octanol–water partition coefficient (Wildman–Crippen LogP) is 0.422. The molecular formula is C10H20CoO6. The molecule has 105 valence electrons. The summed E-state index contributed by atoms with van der Waals surface area (Å²) in [5.41, 5.74) is 0. The van der Waals surface area contributed by atoms with Gasteiger partial charge < -0.3 is 21.2 Å². The molecule has 0 aliphatic carbocycles. The first-order valence-corrected chi connectivity index (χ1v) is 4.01. The minimum Gasteiger partial charge on any atom is -0.512 e. The van der Waals surface area contributed by atoms with Gasteiger partial charge in [0.2, 0.25) is 0 Å². The van der Waals surface area contributed by atoms with Crippen molar-refractivity contribution in [1.82, 2.24) is 0 Å². The second kappa shape index (κ2) is 17.2. The maximum absolute atomic E-state index is 10.0. The van der Waals surface area contributed by atoms with E-state index in [2.05, 4.69) is 0 Å². The van der Waals surface area contributed by atoms with Crippen LogP contribution in [0.3, 0.4) is 0 Å². The smallest absolute Gasteiger partial charge is 0.155 e. The van der Waals surface area contributed by atoms with E-state index >= 15 is 0 Å². The molecule has 6 N–H and O–H groups in total. The Labute approximate surface area is 111 Å². The van der Waals surface area contributed by atoms with E-state index in [1.807, 2.05) is 0 Å². The first-order chi connectivity index (χ1) is 6.25. The average molecular weight is 295 g/mol. The Morgan fingerprint density at radius 1 is 0.765 bits per heavy atom. The Bertz CT molecular complexity index is 234. The van der Waals surface area contributed by atoms with Crippen LogP contribution in [0.25, 0.3) is 0 Å². The topological polar surface area (TPSA) is 138 Å². The maximum Gasteiger partial charge on any atom is 0.155 e. The Kier molecular flexibility index (Phi) is 30.1. The molecule has 7 heteroatoms. The van der Waals surface area contributed by atoms with Crippen LogP contribution in [0.2, 0.25) is 0 Å². The van der Waals surface area contributed by atoms with Gasteiger partial charge in [-0.1, -0.05) is 0 Å². The molecule has 0 rings (SSSR count). The second-order valence-electron chi connectivity index (χ2n) is 2.79. The summed E-state index contributed by atoms with van der Waals surface area (Å²) >= 11 is 0. The van der Waals surface area contributed by atoms with E-state index < -0.39 is 0 Å². The van der Waals surface area contributed by atoms with E-state index in [1.165, 1.54) is 39.8 Å². The van der Waals surface area contributed by atoms with Gasteiger partial charge in [0, 0.05) is 28.9 Å². The summed E-state index contributed by atoms with van der Waals surface area (Å²) < 4.78 is 0. The number of carbonyl (C=O) groups is 2. The van der Waals surface area contributed by atoms with Gasteiger partial charge in [0.05, 0.1) is 11.5 Å². The monoisotopic (exact) mass is 295 g/mol. The third-order valence-corrected chi connectivity index (χ3v) is 0.824. The van der Waals surface area contributed by atoms with Crippen LogP contribution < -0.4 is 0 Å². The van der Waals surface area contributed by atoms with Crippen molar-refractivity contribution in [3.63, 3.8) is 0 Å². The molecule has 0 amide bonds. The van der Waals surface area contributed by atoms with Crippen LogP contribution in [0.15, 0.2) is 23.7 Å². The molecule has 1 radical (unpaired) electrons. The molecule has 0 unspecified atom stereocenters. The summed E-state index contributed by atoms with van der Waals surface area (Å²) in [6.45, 7) is 5.70. The molecule has 0 bridgehead atoms. The van der Waals surface area contributed by atoms with Crippen LogP contribution in [0.1, 0.15) is 27.7 Å². The number of rotatable bonds is 2. The van der Waals surface area contributed by atoms with E-state index in [4.69, 9.17) is 10.2 Å². The average Bonchev–Trinajstić information content (AvgIpc) is 1.79. The zero-order valence-corrected chi connectivity index (χ0v) is 11.2.